The summed E-state index contributed by atoms with van der Waals surface area (Å²) in [7, 11) is 0. The highest BCUT2D eigenvalue weighted by Gasteiger charge is 2.18. The summed E-state index contributed by atoms with van der Waals surface area (Å²) in [4.78, 5) is 4.46. The molecule has 0 aliphatic rings. The number of nitrogens with zero attached hydrogens (tertiary/aromatic N) is 1. The summed E-state index contributed by atoms with van der Waals surface area (Å²) >= 11 is 8.03. The van der Waals surface area contributed by atoms with E-state index in [0.29, 0.717) is 5.92 Å². The molecule has 1 unspecified atom stereocenters. The monoisotopic (exact) mass is 316 g/mol. The summed E-state index contributed by atoms with van der Waals surface area (Å²) in [6.45, 7) is 4.42. The van der Waals surface area contributed by atoms with Crippen molar-refractivity contribution < 1.29 is 0 Å². The molecular formula is C17H17ClN2S. The molecule has 2 aromatic carbocycles. The number of hydrogen-bond acceptors (Lipinski definition) is 3. The van der Waals surface area contributed by atoms with Gasteiger partial charge in [0.15, 0.2) is 0 Å². The second kappa shape index (κ2) is 6.04. The largest absolute Gasteiger partial charge is 0.375 e. The number of benzene rings is 2. The zero-order valence-electron chi connectivity index (χ0n) is 12.0. The van der Waals surface area contributed by atoms with Gasteiger partial charge in [-0.15, -0.1) is 11.3 Å². The zero-order valence-corrected chi connectivity index (χ0v) is 13.6. The fraction of sp³-hybridized carbons (Fsp3) is 0.235. The molecule has 0 aliphatic carbocycles. The molecule has 0 radical (unpaired) electrons. The highest BCUT2D eigenvalue weighted by molar-refractivity contribution is 7.16. The van der Waals surface area contributed by atoms with Gasteiger partial charge in [0.1, 0.15) is 5.52 Å². The van der Waals surface area contributed by atoms with Crippen LogP contribution in [0.5, 0.6) is 0 Å². The van der Waals surface area contributed by atoms with Crippen molar-refractivity contribution in [2.24, 2.45) is 5.92 Å². The first-order valence-corrected chi connectivity index (χ1v) is 8.25. The molecule has 0 amide bonds. The van der Waals surface area contributed by atoms with E-state index >= 15 is 0 Å². The van der Waals surface area contributed by atoms with Crippen LogP contribution >= 0.6 is 22.9 Å². The molecule has 1 heterocycles. The molecule has 3 aromatic rings. The number of halogens is 1. The molecule has 1 aromatic heterocycles. The molecule has 1 atom stereocenters. The molecule has 2 nitrogen and oxygen atoms in total. The maximum atomic E-state index is 6.40. The zero-order chi connectivity index (χ0) is 14.8. The Hall–Kier alpha value is -1.58. The molecule has 21 heavy (non-hydrogen) atoms. The van der Waals surface area contributed by atoms with Crippen LogP contribution < -0.4 is 5.32 Å². The molecule has 0 bridgehead atoms. The Morgan fingerprint density at radius 1 is 1.10 bits per heavy atom. The van der Waals surface area contributed by atoms with Crippen LogP contribution in [0.2, 0.25) is 5.02 Å². The van der Waals surface area contributed by atoms with Crippen LogP contribution in [-0.2, 0) is 0 Å². The number of anilines is 1. The number of fused-ring (bicyclic) bond motifs is 1. The third-order valence-corrected chi connectivity index (χ3v) is 4.69. The highest BCUT2D eigenvalue weighted by atomic mass is 35.5. The molecule has 1 N–H and O–H groups in total. The van der Waals surface area contributed by atoms with Crippen LogP contribution in [-0.4, -0.2) is 4.98 Å². The molecule has 0 saturated carbocycles. The molecule has 0 aliphatic heterocycles. The summed E-state index contributed by atoms with van der Waals surface area (Å²) in [6.07, 6.45) is 0. The minimum Gasteiger partial charge on any atom is -0.375 e. The highest BCUT2D eigenvalue weighted by Crippen LogP contribution is 2.36. The van der Waals surface area contributed by atoms with Gasteiger partial charge in [0.2, 0.25) is 0 Å². The van der Waals surface area contributed by atoms with Gasteiger partial charge in [0.25, 0.3) is 0 Å². The first kappa shape index (κ1) is 14.4. The molecule has 108 valence electrons. The number of rotatable bonds is 4. The number of hydrogen-bond donors (Lipinski definition) is 1. The van der Waals surface area contributed by atoms with E-state index in [9.17, 15) is 0 Å². The summed E-state index contributed by atoms with van der Waals surface area (Å²) < 4.78 is 1.15. The van der Waals surface area contributed by atoms with Gasteiger partial charge in [-0.1, -0.05) is 55.8 Å². The maximum absolute atomic E-state index is 6.40. The Bertz CT molecular complexity index is 737. The summed E-state index contributed by atoms with van der Waals surface area (Å²) in [5.41, 5.74) is 5.00. The molecule has 0 spiro atoms. The van der Waals surface area contributed by atoms with Gasteiger partial charge in [-0.25, -0.2) is 4.98 Å². The van der Waals surface area contributed by atoms with Gasteiger partial charge < -0.3 is 5.32 Å². The third kappa shape index (κ3) is 2.89. The van der Waals surface area contributed by atoms with E-state index < -0.39 is 0 Å². The van der Waals surface area contributed by atoms with Gasteiger partial charge in [0.05, 0.1) is 27.0 Å². The van der Waals surface area contributed by atoms with Crippen LogP contribution in [0.4, 0.5) is 5.69 Å². The van der Waals surface area contributed by atoms with Crippen LogP contribution in [0.1, 0.15) is 25.5 Å². The van der Waals surface area contributed by atoms with Crippen LogP contribution in [0.25, 0.3) is 10.2 Å². The first-order chi connectivity index (χ1) is 10.2. The van der Waals surface area contributed by atoms with Crippen LogP contribution in [0.3, 0.4) is 0 Å². The van der Waals surface area contributed by atoms with Gasteiger partial charge in [0, 0.05) is 0 Å². The lowest BCUT2D eigenvalue weighted by Gasteiger charge is -2.25. The average molecular weight is 317 g/mol. The van der Waals surface area contributed by atoms with Crippen LogP contribution in [0.15, 0.2) is 48.0 Å². The Labute approximate surface area is 133 Å². The quantitative estimate of drug-likeness (QED) is 0.662. The summed E-state index contributed by atoms with van der Waals surface area (Å²) in [6, 6.07) is 14.6. The van der Waals surface area contributed by atoms with Crippen molar-refractivity contribution in [1.82, 2.24) is 4.98 Å². The molecule has 0 saturated heterocycles. The lowest BCUT2D eigenvalue weighted by molar-refractivity contribution is 0.547. The van der Waals surface area contributed by atoms with Gasteiger partial charge >= 0.3 is 0 Å². The second-order valence-electron chi connectivity index (χ2n) is 5.40. The van der Waals surface area contributed by atoms with E-state index in [1.165, 1.54) is 5.56 Å². The maximum Gasteiger partial charge on any atom is 0.106 e. The first-order valence-electron chi connectivity index (χ1n) is 7.00. The van der Waals surface area contributed by atoms with Gasteiger partial charge in [-0.2, -0.15) is 0 Å². The smallest absolute Gasteiger partial charge is 0.106 e. The molecular weight excluding hydrogens is 300 g/mol. The second-order valence-corrected chi connectivity index (χ2v) is 6.69. The number of nitrogens with one attached hydrogen (secondary N) is 1. The normalized spacial score (nSPS) is 12.8. The van der Waals surface area contributed by atoms with E-state index in [2.05, 4.69) is 48.4 Å². The van der Waals surface area contributed by atoms with E-state index in [4.69, 9.17) is 11.6 Å². The standard InChI is InChI=1S/C17H17ClN2S/c1-11(2)15(12-6-4-3-5-7-12)20-16-13(18)8-9-14-17(16)19-10-21-14/h3-11,15,20H,1-2H3. The fourth-order valence-electron chi connectivity index (χ4n) is 2.49. The topological polar surface area (TPSA) is 24.9 Å². The molecule has 3 rings (SSSR count). The Morgan fingerprint density at radius 3 is 2.57 bits per heavy atom. The molecule has 0 fully saturated rings. The van der Waals surface area contributed by atoms with Crippen molar-refractivity contribution in [2.75, 3.05) is 5.32 Å². The Balaban J connectivity index is 2.02. The third-order valence-electron chi connectivity index (χ3n) is 3.58. The number of aromatic nitrogens is 1. The number of thiazole rings is 1. The summed E-state index contributed by atoms with van der Waals surface area (Å²) in [5, 5.41) is 4.32. The van der Waals surface area contributed by atoms with Crippen molar-refractivity contribution in [2.45, 2.75) is 19.9 Å². The molecule has 4 heteroatoms. The van der Waals surface area contributed by atoms with Crippen molar-refractivity contribution in [1.29, 1.82) is 0 Å². The van der Waals surface area contributed by atoms with Crippen molar-refractivity contribution >= 4 is 38.8 Å². The van der Waals surface area contributed by atoms with Crippen LogP contribution in [0, 0.1) is 5.92 Å². The van der Waals surface area contributed by atoms with Crippen molar-refractivity contribution in [3.63, 3.8) is 0 Å². The van der Waals surface area contributed by atoms with Crippen molar-refractivity contribution in [3.05, 3.63) is 58.6 Å². The van der Waals surface area contributed by atoms with E-state index in [1.807, 2.05) is 23.7 Å². The lowest BCUT2D eigenvalue weighted by Crippen LogP contribution is -2.17. The van der Waals surface area contributed by atoms with Crippen molar-refractivity contribution in [3.8, 4) is 0 Å². The minimum absolute atomic E-state index is 0.205. The predicted octanol–water partition coefficient (Wildman–Crippen LogP) is 5.76. The Morgan fingerprint density at radius 2 is 1.86 bits per heavy atom. The predicted molar refractivity (Wildman–Crippen MR) is 92.3 cm³/mol. The average Bonchev–Trinajstić information content (AvgIpc) is 2.95. The SMILES string of the molecule is CC(C)C(Nc1c(Cl)ccc2scnc12)c1ccccc1. The van der Waals surface area contributed by atoms with Gasteiger partial charge in [-0.3, -0.25) is 0 Å². The summed E-state index contributed by atoms with van der Waals surface area (Å²) in [5.74, 6) is 0.442. The lowest BCUT2D eigenvalue weighted by atomic mass is 9.95. The Kier molecular flexibility index (Phi) is 4.13. The van der Waals surface area contributed by atoms with Gasteiger partial charge in [-0.05, 0) is 23.6 Å². The van der Waals surface area contributed by atoms with E-state index in [0.717, 1.165) is 20.9 Å². The van der Waals surface area contributed by atoms with E-state index in [-0.39, 0.29) is 6.04 Å². The fourth-order valence-corrected chi connectivity index (χ4v) is 3.39. The minimum atomic E-state index is 0.205. The van der Waals surface area contributed by atoms with E-state index in [1.54, 1.807) is 11.3 Å².